The van der Waals surface area contributed by atoms with E-state index in [9.17, 15) is 33.2 Å². The highest BCUT2D eigenvalue weighted by molar-refractivity contribution is 6.37. The molecular weight excluding hydrogens is 681 g/mol. The van der Waals surface area contributed by atoms with Crippen LogP contribution in [0, 0.1) is 17.2 Å². The van der Waals surface area contributed by atoms with Gasteiger partial charge in [-0.2, -0.15) is 0 Å². The number of nitrogens with zero attached hydrogens (tertiary/aromatic N) is 3. The summed E-state index contributed by atoms with van der Waals surface area (Å²) >= 11 is 0. The number of nitrogens with two attached hydrogens (primary N) is 1. The Balaban J connectivity index is 0.000000609. The smallest absolute Gasteiger partial charge is 0.316 e. The Bertz CT molecular complexity index is 1330. The standard InChI is InChI=1S/C25H38FN5O3.C8H12N2O3.2C3H8/c1-17-9-8-12-31(17)23(33)21(25(3,4)5)28-24(34)27-18(2)22(32)30-15-13-29(14-16-30)20-11-7-6-10-19(20)26;9-8(13)7(12)6(10-4-11)3-5-1-2-5;2*1-3-2/h6-7,10-11,17-18,21H,8-9,12-16H2,1-5H3,(H2,27,28,34);4-6H,1-3H2,(H2,9,13)(H,10,11);2*3H2,1-2H3/t17-,18?,21-;;;/m1.../s1. The molecule has 2 saturated heterocycles. The van der Waals surface area contributed by atoms with Crippen LogP contribution >= 0.6 is 0 Å². The number of ketones is 1. The fourth-order valence-corrected chi connectivity index (χ4v) is 5.85. The molecule has 53 heavy (non-hydrogen) atoms. The number of benzene rings is 1. The van der Waals surface area contributed by atoms with Gasteiger partial charge in [-0.3, -0.25) is 24.0 Å². The van der Waals surface area contributed by atoms with Crippen molar-refractivity contribution in [3.8, 4) is 0 Å². The monoisotopic (exact) mass is 748 g/mol. The Kier molecular flexibility index (Phi) is 20.7. The normalized spacial score (nSPS) is 18.2. The van der Waals surface area contributed by atoms with Gasteiger partial charge in [0, 0.05) is 38.8 Å². The molecule has 14 heteroatoms. The molecule has 1 aromatic carbocycles. The maximum Gasteiger partial charge on any atom is 0.316 e. The van der Waals surface area contributed by atoms with Crippen LogP contribution in [0.4, 0.5) is 14.9 Å². The molecule has 4 rings (SSSR count). The predicted molar refractivity (Wildman–Crippen MR) is 206 cm³/mol. The summed E-state index contributed by atoms with van der Waals surface area (Å²) in [6, 6.07) is 4.07. The lowest BCUT2D eigenvalue weighted by Crippen LogP contribution is -2.60. The van der Waals surface area contributed by atoms with Crippen molar-refractivity contribution >= 4 is 41.6 Å². The van der Waals surface area contributed by atoms with Crippen LogP contribution in [0.2, 0.25) is 0 Å². The summed E-state index contributed by atoms with van der Waals surface area (Å²) < 4.78 is 14.1. The quantitative estimate of drug-likeness (QED) is 0.192. The topological polar surface area (TPSA) is 174 Å². The lowest BCUT2D eigenvalue weighted by atomic mass is 9.85. The van der Waals surface area contributed by atoms with E-state index in [4.69, 9.17) is 5.73 Å². The molecule has 0 bridgehead atoms. The van der Waals surface area contributed by atoms with Crippen LogP contribution in [0.3, 0.4) is 0 Å². The zero-order valence-corrected chi connectivity index (χ0v) is 33.5. The van der Waals surface area contributed by atoms with Crippen molar-refractivity contribution in [3.05, 3.63) is 30.1 Å². The first-order chi connectivity index (χ1) is 25.0. The number of piperazine rings is 1. The summed E-state index contributed by atoms with van der Waals surface area (Å²) in [7, 11) is 0. The first-order valence-corrected chi connectivity index (χ1v) is 19.2. The van der Waals surface area contributed by atoms with E-state index in [1.165, 1.54) is 18.9 Å². The summed E-state index contributed by atoms with van der Waals surface area (Å²) in [6.45, 7) is 20.5. The molecule has 1 aliphatic carbocycles. The van der Waals surface area contributed by atoms with Gasteiger partial charge in [0.1, 0.15) is 17.9 Å². The van der Waals surface area contributed by atoms with Crippen LogP contribution in [-0.2, 0) is 24.0 Å². The molecule has 0 spiro atoms. The van der Waals surface area contributed by atoms with E-state index in [0.717, 1.165) is 25.7 Å². The maximum absolute atomic E-state index is 14.1. The van der Waals surface area contributed by atoms with E-state index >= 15 is 0 Å². The van der Waals surface area contributed by atoms with Crippen LogP contribution in [0.25, 0.3) is 0 Å². The fourth-order valence-electron chi connectivity index (χ4n) is 5.85. The first-order valence-electron chi connectivity index (χ1n) is 19.2. The minimum Gasteiger partial charge on any atom is -0.366 e. The number of para-hydroxylation sites is 1. The minimum atomic E-state index is -0.986. The molecule has 5 N–H and O–H groups in total. The molecular formula is C39H66FN7O6. The third-order valence-corrected chi connectivity index (χ3v) is 8.82. The minimum absolute atomic E-state index is 0.0871. The highest BCUT2D eigenvalue weighted by Gasteiger charge is 2.39. The molecule has 0 radical (unpaired) electrons. The summed E-state index contributed by atoms with van der Waals surface area (Å²) in [5.41, 5.74) is 4.87. The zero-order chi connectivity index (χ0) is 40.3. The van der Waals surface area contributed by atoms with E-state index in [0.29, 0.717) is 57.2 Å². The van der Waals surface area contributed by atoms with Gasteiger partial charge in [0.05, 0.1) is 11.7 Å². The number of rotatable bonds is 11. The molecule has 6 amide bonds. The van der Waals surface area contributed by atoms with Gasteiger partial charge in [-0.1, -0.05) is 86.3 Å². The van der Waals surface area contributed by atoms with Crippen molar-refractivity contribution in [3.63, 3.8) is 0 Å². The lowest BCUT2D eigenvalue weighted by Gasteiger charge is -2.37. The van der Waals surface area contributed by atoms with Gasteiger partial charge in [0.2, 0.25) is 24.0 Å². The summed E-state index contributed by atoms with van der Waals surface area (Å²) in [5.74, 6) is -1.80. The lowest BCUT2D eigenvalue weighted by molar-refractivity contribution is -0.137. The van der Waals surface area contributed by atoms with Gasteiger partial charge >= 0.3 is 6.03 Å². The van der Waals surface area contributed by atoms with E-state index in [2.05, 4.69) is 43.6 Å². The number of carbonyl (C=O) groups excluding carboxylic acids is 6. The number of amides is 6. The molecule has 3 aliphatic rings. The molecule has 2 heterocycles. The second-order valence-electron chi connectivity index (χ2n) is 15.1. The second-order valence-corrected chi connectivity index (χ2v) is 15.1. The third kappa shape index (κ3) is 16.1. The molecule has 1 saturated carbocycles. The van der Waals surface area contributed by atoms with E-state index in [1.54, 1.807) is 30.0 Å². The maximum atomic E-state index is 14.1. The van der Waals surface area contributed by atoms with Crippen LogP contribution in [0.1, 0.15) is 107 Å². The zero-order valence-electron chi connectivity index (χ0n) is 33.5. The van der Waals surface area contributed by atoms with Crippen LogP contribution in [-0.4, -0.2) is 103 Å². The van der Waals surface area contributed by atoms with Gasteiger partial charge in [0.15, 0.2) is 0 Å². The number of primary amides is 1. The number of hydrogen-bond donors (Lipinski definition) is 4. The highest BCUT2D eigenvalue weighted by atomic mass is 19.1. The van der Waals surface area contributed by atoms with Crippen molar-refractivity contribution in [2.45, 2.75) is 131 Å². The van der Waals surface area contributed by atoms with Gasteiger partial charge in [0.25, 0.3) is 5.91 Å². The molecule has 4 atom stereocenters. The molecule has 0 aromatic heterocycles. The van der Waals surface area contributed by atoms with Crippen molar-refractivity contribution in [2.24, 2.45) is 17.1 Å². The van der Waals surface area contributed by atoms with Crippen LogP contribution < -0.4 is 26.6 Å². The average molecular weight is 748 g/mol. The SMILES string of the molecule is CC(NC(=O)N[C@H](C(=O)N1CCC[C@H]1C)C(C)(C)C)C(=O)N1CCN(c2ccccc2F)CC1.CCC.CCC.NC(=O)C(=O)C(CC1CC1)NC=O. The largest absolute Gasteiger partial charge is 0.366 e. The Hall–Kier alpha value is -4.23. The summed E-state index contributed by atoms with van der Waals surface area (Å²) in [4.78, 5) is 76.0. The fraction of sp³-hybridized carbons (Fsp3) is 0.692. The molecule has 3 fully saturated rings. The molecule has 2 unspecified atom stereocenters. The number of carbonyl (C=O) groups is 6. The number of anilines is 1. The number of Topliss-reactive ketones (excluding diaryl/α,β-unsaturated/α-hetero) is 1. The Morgan fingerprint density at radius 2 is 1.47 bits per heavy atom. The molecule has 13 nitrogen and oxygen atoms in total. The van der Waals surface area contributed by atoms with Crippen molar-refractivity contribution in [1.29, 1.82) is 0 Å². The first kappa shape index (κ1) is 46.8. The molecule has 300 valence electrons. The van der Waals surface area contributed by atoms with Crippen molar-refractivity contribution < 1.29 is 33.2 Å². The van der Waals surface area contributed by atoms with Gasteiger partial charge in [-0.15, -0.1) is 0 Å². The Labute approximate surface area is 316 Å². The third-order valence-electron chi connectivity index (χ3n) is 8.82. The summed E-state index contributed by atoms with van der Waals surface area (Å²) in [6.07, 6.45) is 7.50. The van der Waals surface area contributed by atoms with Gasteiger partial charge < -0.3 is 36.4 Å². The van der Waals surface area contributed by atoms with E-state index < -0.39 is 41.3 Å². The number of urea groups is 1. The number of nitrogens with one attached hydrogen (secondary N) is 3. The van der Waals surface area contributed by atoms with E-state index in [1.807, 2.05) is 37.5 Å². The molecule has 1 aromatic rings. The Morgan fingerprint density at radius 1 is 0.906 bits per heavy atom. The Morgan fingerprint density at radius 3 is 1.92 bits per heavy atom. The van der Waals surface area contributed by atoms with Crippen LogP contribution in [0.15, 0.2) is 24.3 Å². The van der Waals surface area contributed by atoms with Crippen LogP contribution in [0.5, 0.6) is 0 Å². The van der Waals surface area contributed by atoms with Crippen molar-refractivity contribution in [1.82, 2.24) is 25.8 Å². The second kappa shape index (κ2) is 23.4. The molecule has 2 aliphatic heterocycles. The number of likely N-dealkylation sites (tertiary alicyclic amines) is 1. The van der Waals surface area contributed by atoms with E-state index in [-0.39, 0.29) is 23.7 Å². The van der Waals surface area contributed by atoms with Gasteiger partial charge in [-0.25, -0.2) is 9.18 Å². The highest BCUT2D eigenvalue weighted by Crippen LogP contribution is 2.33. The number of halogens is 1. The number of hydrogen-bond acceptors (Lipinski definition) is 7. The van der Waals surface area contributed by atoms with Crippen molar-refractivity contribution in [2.75, 3.05) is 37.6 Å². The van der Waals surface area contributed by atoms with Gasteiger partial charge in [-0.05, 0) is 56.6 Å². The predicted octanol–water partition coefficient (Wildman–Crippen LogP) is 4.38. The summed E-state index contributed by atoms with van der Waals surface area (Å²) in [5, 5.41) is 7.82. The average Bonchev–Trinajstić information content (AvgIpc) is 3.82.